The molecule has 3 rings (SSSR count). The van der Waals surface area contributed by atoms with Gasteiger partial charge in [0.05, 0.1) is 0 Å². The highest BCUT2D eigenvalue weighted by Crippen LogP contribution is 2.35. The maximum atomic E-state index is 5.70. The smallest absolute Gasteiger partial charge is 0.161 e. The van der Waals surface area contributed by atoms with Gasteiger partial charge in [-0.2, -0.15) is 0 Å². The number of hydrogen-bond donors (Lipinski definition) is 1. The summed E-state index contributed by atoms with van der Waals surface area (Å²) < 4.78 is 11.3. The van der Waals surface area contributed by atoms with Crippen LogP contribution in [0.25, 0.3) is 11.1 Å². The summed E-state index contributed by atoms with van der Waals surface area (Å²) in [6, 6.07) is 12.8. The molecule has 0 radical (unpaired) electrons. The van der Waals surface area contributed by atoms with E-state index in [1.807, 2.05) is 6.07 Å². The molecule has 0 fully saturated rings. The Morgan fingerprint density at radius 3 is 2.62 bits per heavy atom. The normalized spacial score (nSPS) is 13.2. The van der Waals surface area contributed by atoms with Gasteiger partial charge in [0.15, 0.2) is 11.5 Å². The molecule has 2 aromatic carbocycles. The van der Waals surface area contributed by atoms with Crippen molar-refractivity contribution in [3.05, 3.63) is 47.5 Å². The van der Waals surface area contributed by atoms with E-state index >= 15 is 0 Å². The minimum atomic E-state index is 0.620. The van der Waals surface area contributed by atoms with Crippen molar-refractivity contribution in [2.75, 3.05) is 19.8 Å². The van der Waals surface area contributed by atoms with Crippen molar-refractivity contribution in [1.29, 1.82) is 0 Å². The molecular formula is C18H21NO2. The van der Waals surface area contributed by atoms with Gasteiger partial charge in [-0.1, -0.05) is 36.8 Å². The quantitative estimate of drug-likeness (QED) is 0.931. The third-order valence-electron chi connectivity index (χ3n) is 3.68. The zero-order chi connectivity index (χ0) is 14.7. The van der Waals surface area contributed by atoms with Crippen LogP contribution in [0.4, 0.5) is 0 Å². The summed E-state index contributed by atoms with van der Waals surface area (Å²) in [5.41, 5.74) is 5.00. The van der Waals surface area contributed by atoms with E-state index in [2.05, 4.69) is 49.5 Å². The van der Waals surface area contributed by atoms with Crippen molar-refractivity contribution in [2.45, 2.75) is 20.4 Å². The Balaban J connectivity index is 2.00. The third kappa shape index (κ3) is 3.03. The number of hydrogen-bond acceptors (Lipinski definition) is 3. The Labute approximate surface area is 125 Å². The molecule has 0 spiro atoms. The molecule has 3 heteroatoms. The van der Waals surface area contributed by atoms with Gasteiger partial charge in [-0.15, -0.1) is 0 Å². The first-order valence-corrected chi connectivity index (χ1v) is 7.48. The number of nitrogens with one attached hydrogen (secondary N) is 1. The van der Waals surface area contributed by atoms with Crippen molar-refractivity contribution in [3.8, 4) is 22.6 Å². The molecule has 1 aliphatic rings. The second-order valence-electron chi connectivity index (χ2n) is 5.30. The topological polar surface area (TPSA) is 30.5 Å². The molecule has 21 heavy (non-hydrogen) atoms. The van der Waals surface area contributed by atoms with E-state index in [9.17, 15) is 0 Å². The maximum Gasteiger partial charge on any atom is 0.161 e. The van der Waals surface area contributed by atoms with Gasteiger partial charge in [0.1, 0.15) is 13.2 Å². The van der Waals surface area contributed by atoms with Gasteiger partial charge in [0.2, 0.25) is 0 Å². The van der Waals surface area contributed by atoms with Crippen LogP contribution in [0.3, 0.4) is 0 Å². The van der Waals surface area contributed by atoms with Gasteiger partial charge in [-0.25, -0.2) is 0 Å². The summed E-state index contributed by atoms with van der Waals surface area (Å²) in [7, 11) is 0. The molecule has 0 saturated carbocycles. The fraction of sp³-hybridized carbons (Fsp3) is 0.333. The molecule has 0 unspecified atom stereocenters. The summed E-state index contributed by atoms with van der Waals surface area (Å²) in [5.74, 6) is 1.68. The Hall–Kier alpha value is -2.00. The van der Waals surface area contributed by atoms with Crippen LogP contribution in [0.1, 0.15) is 18.1 Å². The van der Waals surface area contributed by atoms with Crippen molar-refractivity contribution in [2.24, 2.45) is 0 Å². The lowest BCUT2D eigenvalue weighted by Gasteiger charge is -2.20. The highest BCUT2D eigenvalue weighted by Gasteiger charge is 2.14. The Morgan fingerprint density at radius 2 is 1.81 bits per heavy atom. The lowest BCUT2D eigenvalue weighted by atomic mass is 9.97. The van der Waals surface area contributed by atoms with Gasteiger partial charge in [-0.3, -0.25) is 0 Å². The molecule has 0 bridgehead atoms. The standard InChI is InChI=1S/C18H21NO2/c1-3-19-12-15-5-4-13(2)10-16(15)14-6-7-17-18(11-14)21-9-8-20-17/h4-7,10-11,19H,3,8-9,12H2,1-2H3. The zero-order valence-electron chi connectivity index (χ0n) is 12.6. The SMILES string of the molecule is CCNCc1ccc(C)cc1-c1ccc2c(c1)OCCO2. The zero-order valence-corrected chi connectivity index (χ0v) is 12.6. The summed E-state index contributed by atoms with van der Waals surface area (Å²) in [6.45, 7) is 7.34. The molecule has 110 valence electrons. The van der Waals surface area contributed by atoms with Crippen molar-refractivity contribution in [3.63, 3.8) is 0 Å². The third-order valence-corrected chi connectivity index (χ3v) is 3.68. The molecule has 1 heterocycles. The number of fused-ring (bicyclic) bond motifs is 1. The lowest BCUT2D eigenvalue weighted by molar-refractivity contribution is 0.171. The summed E-state index contributed by atoms with van der Waals surface area (Å²) in [4.78, 5) is 0. The van der Waals surface area contributed by atoms with E-state index < -0.39 is 0 Å². The number of rotatable bonds is 4. The van der Waals surface area contributed by atoms with Crippen molar-refractivity contribution >= 4 is 0 Å². The van der Waals surface area contributed by atoms with Crippen molar-refractivity contribution < 1.29 is 9.47 Å². The second-order valence-corrected chi connectivity index (χ2v) is 5.30. The predicted molar refractivity (Wildman–Crippen MR) is 85.0 cm³/mol. The predicted octanol–water partition coefficient (Wildman–Crippen LogP) is 3.54. The van der Waals surface area contributed by atoms with E-state index in [0.717, 1.165) is 24.6 Å². The highest BCUT2D eigenvalue weighted by atomic mass is 16.6. The fourth-order valence-electron chi connectivity index (χ4n) is 2.58. The lowest BCUT2D eigenvalue weighted by Crippen LogP contribution is -2.15. The monoisotopic (exact) mass is 283 g/mol. The van der Waals surface area contributed by atoms with Crippen molar-refractivity contribution in [1.82, 2.24) is 5.32 Å². The van der Waals surface area contributed by atoms with Gasteiger partial charge < -0.3 is 14.8 Å². The molecule has 0 aliphatic carbocycles. The van der Waals surface area contributed by atoms with Crippen LogP contribution in [0, 0.1) is 6.92 Å². The maximum absolute atomic E-state index is 5.70. The van der Waals surface area contributed by atoms with Gasteiger partial charge in [0, 0.05) is 6.54 Å². The average Bonchev–Trinajstić information content (AvgIpc) is 2.53. The first kappa shape index (κ1) is 14.0. The molecule has 1 aliphatic heterocycles. The average molecular weight is 283 g/mol. The van der Waals surface area contributed by atoms with E-state index in [-0.39, 0.29) is 0 Å². The first-order valence-electron chi connectivity index (χ1n) is 7.48. The van der Waals surface area contributed by atoms with Crippen LogP contribution >= 0.6 is 0 Å². The van der Waals surface area contributed by atoms with E-state index in [0.29, 0.717) is 13.2 Å². The number of benzene rings is 2. The largest absolute Gasteiger partial charge is 0.486 e. The van der Waals surface area contributed by atoms with Gasteiger partial charge in [0.25, 0.3) is 0 Å². The van der Waals surface area contributed by atoms with Crippen LogP contribution in [0.15, 0.2) is 36.4 Å². The molecule has 1 N–H and O–H groups in total. The minimum absolute atomic E-state index is 0.620. The molecule has 0 atom stereocenters. The Kier molecular flexibility index (Phi) is 4.11. The summed E-state index contributed by atoms with van der Waals surface area (Å²) in [6.07, 6.45) is 0. The van der Waals surface area contributed by atoms with Crippen LogP contribution < -0.4 is 14.8 Å². The highest BCUT2D eigenvalue weighted by molar-refractivity contribution is 5.71. The molecular weight excluding hydrogens is 262 g/mol. The molecule has 0 amide bonds. The molecule has 3 nitrogen and oxygen atoms in total. The fourth-order valence-corrected chi connectivity index (χ4v) is 2.58. The summed E-state index contributed by atoms with van der Waals surface area (Å²) >= 11 is 0. The van der Waals surface area contributed by atoms with E-state index in [1.54, 1.807) is 0 Å². The van der Waals surface area contributed by atoms with E-state index in [4.69, 9.17) is 9.47 Å². The van der Waals surface area contributed by atoms with Crippen LogP contribution in [0.2, 0.25) is 0 Å². The van der Waals surface area contributed by atoms with Gasteiger partial charge >= 0.3 is 0 Å². The molecule has 0 aromatic heterocycles. The number of aryl methyl sites for hydroxylation is 1. The molecule has 2 aromatic rings. The summed E-state index contributed by atoms with van der Waals surface area (Å²) in [5, 5.41) is 3.40. The minimum Gasteiger partial charge on any atom is -0.486 e. The number of ether oxygens (including phenoxy) is 2. The van der Waals surface area contributed by atoms with Gasteiger partial charge in [-0.05, 0) is 42.3 Å². The van der Waals surface area contributed by atoms with Crippen LogP contribution in [0.5, 0.6) is 11.5 Å². The van der Waals surface area contributed by atoms with Crippen LogP contribution in [-0.2, 0) is 6.54 Å². The first-order chi connectivity index (χ1) is 10.3. The van der Waals surface area contributed by atoms with Crippen LogP contribution in [-0.4, -0.2) is 19.8 Å². The molecule has 0 saturated heterocycles. The second kappa shape index (κ2) is 6.19. The Morgan fingerprint density at radius 1 is 1.00 bits per heavy atom. The van der Waals surface area contributed by atoms with E-state index in [1.165, 1.54) is 22.3 Å². The Bertz CT molecular complexity index is 637.